The molecular formula is C26H36ClN3O4S. The van der Waals surface area contributed by atoms with Gasteiger partial charge in [0.1, 0.15) is 6.04 Å². The van der Waals surface area contributed by atoms with Crippen LogP contribution in [-0.4, -0.2) is 50.0 Å². The maximum atomic E-state index is 13.3. The van der Waals surface area contributed by atoms with Crippen LogP contribution in [0.3, 0.4) is 0 Å². The molecule has 2 aromatic carbocycles. The molecule has 0 heterocycles. The zero-order valence-corrected chi connectivity index (χ0v) is 22.7. The third kappa shape index (κ3) is 8.54. The van der Waals surface area contributed by atoms with Gasteiger partial charge in [0.15, 0.2) is 0 Å². The number of benzene rings is 2. The fourth-order valence-electron chi connectivity index (χ4n) is 3.65. The number of carbonyl (C=O) groups excluding carboxylic acids is 2. The van der Waals surface area contributed by atoms with Gasteiger partial charge in [0.2, 0.25) is 21.8 Å². The summed E-state index contributed by atoms with van der Waals surface area (Å²) >= 11 is 6.33. The van der Waals surface area contributed by atoms with Crippen LogP contribution in [0.4, 0.5) is 5.69 Å². The number of sulfonamides is 1. The van der Waals surface area contributed by atoms with Gasteiger partial charge in [-0.25, -0.2) is 8.42 Å². The number of amides is 2. The number of halogens is 1. The molecule has 35 heavy (non-hydrogen) atoms. The predicted molar refractivity (Wildman–Crippen MR) is 142 cm³/mol. The van der Waals surface area contributed by atoms with Crippen molar-refractivity contribution >= 4 is 39.1 Å². The molecule has 0 aromatic heterocycles. The molecule has 0 fully saturated rings. The number of rotatable bonds is 12. The summed E-state index contributed by atoms with van der Waals surface area (Å²) in [7, 11) is -3.53. The maximum Gasteiger partial charge on any atom is 0.242 e. The van der Waals surface area contributed by atoms with Gasteiger partial charge in [-0.1, -0.05) is 48.9 Å². The van der Waals surface area contributed by atoms with Crippen molar-refractivity contribution in [1.29, 1.82) is 0 Å². The van der Waals surface area contributed by atoms with Crippen LogP contribution < -0.4 is 9.62 Å². The normalized spacial score (nSPS) is 13.1. The molecule has 0 aliphatic rings. The van der Waals surface area contributed by atoms with E-state index in [1.54, 1.807) is 31.2 Å². The first-order valence-electron chi connectivity index (χ1n) is 11.8. The zero-order chi connectivity index (χ0) is 26.2. The van der Waals surface area contributed by atoms with Gasteiger partial charge in [-0.3, -0.25) is 13.9 Å². The van der Waals surface area contributed by atoms with Crippen LogP contribution >= 0.6 is 11.6 Å². The van der Waals surface area contributed by atoms with E-state index >= 15 is 0 Å². The molecule has 0 saturated heterocycles. The Morgan fingerprint density at radius 1 is 1.09 bits per heavy atom. The highest BCUT2D eigenvalue weighted by Crippen LogP contribution is 2.22. The summed E-state index contributed by atoms with van der Waals surface area (Å²) in [6.07, 6.45) is 2.32. The second-order valence-electron chi connectivity index (χ2n) is 8.88. The second-order valence-corrected chi connectivity index (χ2v) is 11.2. The number of hydrogen-bond donors (Lipinski definition) is 1. The Morgan fingerprint density at radius 3 is 2.37 bits per heavy atom. The van der Waals surface area contributed by atoms with Crippen LogP contribution in [0.1, 0.15) is 51.2 Å². The SMILES string of the molecule is CC[C@@H](C)NC(=O)[C@@H](C)N(Cc1ccccc1Cl)C(=O)CCCN(c1cccc(C)c1)S(C)(=O)=O. The van der Waals surface area contributed by atoms with E-state index < -0.39 is 16.1 Å². The molecule has 0 unspecified atom stereocenters. The van der Waals surface area contributed by atoms with Gasteiger partial charge in [-0.2, -0.15) is 0 Å². The monoisotopic (exact) mass is 521 g/mol. The molecule has 0 bridgehead atoms. The van der Waals surface area contributed by atoms with Gasteiger partial charge in [0.25, 0.3) is 0 Å². The Kier molecular flexibility index (Phi) is 10.6. The Bertz CT molecular complexity index is 1120. The van der Waals surface area contributed by atoms with E-state index in [0.29, 0.717) is 17.1 Å². The van der Waals surface area contributed by atoms with Crippen LogP contribution in [-0.2, 0) is 26.2 Å². The summed E-state index contributed by atoms with van der Waals surface area (Å²) in [6, 6.07) is 13.7. The molecule has 9 heteroatoms. The van der Waals surface area contributed by atoms with E-state index in [-0.39, 0.29) is 37.4 Å². The van der Waals surface area contributed by atoms with Gasteiger partial charge < -0.3 is 10.2 Å². The minimum atomic E-state index is -3.53. The van der Waals surface area contributed by atoms with Crippen LogP contribution in [0, 0.1) is 6.92 Å². The zero-order valence-electron chi connectivity index (χ0n) is 21.1. The van der Waals surface area contributed by atoms with E-state index in [2.05, 4.69) is 5.32 Å². The molecule has 0 saturated carbocycles. The number of carbonyl (C=O) groups is 2. The number of aryl methyl sites for hydroxylation is 1. The average Bonchev–Trinajstić information content (AvgIpc) is 2.79. The molecule has 0 aliphatic carbocycles. The second kappa shape index (κ2) is 12.9. The summed E-state index contributed by atoms with van der Waals surface area (Å²) in [6.45, 7) is 7.82. The fraction of sp³-hybridized carbons (Fsp3) is 0.462. The number of nitrogens with zero attached hydrogens (tertiary/aromatic N) is 2. The van der Waals surface area contributed by atoms with Crippen LogP contribution in [0.2, 0.25) is 5.02 Å². The van der Waals surface area contributed by atoms with Crippen molar-refractivity contribution in [3.63, 3.8) is 0 Å². The minimum absolute atomic E-state index is 0.0140. The van der Waals surface area contributed by atoms with Gasteiger partial charge in [0, 0.05) is 30.6 Å². The lowest BCUT2D eigenvalue weighted by atomic mass is 10.1. The summed E-state index contributed by atoms with van der Waals surface area (Å²) in [4.78, 5) is 27.7. The lowest BCUT2D eigenvalue weighted by Gasteiger charge is -2.30. The predicted octanol–water partition coefficient (Wildman–Crippen LogP) is 4.53. The van der Waals surface area contributed by atoms with Crippen molar-refractivity contribution < 1.29 is 18.0 Å². The third-order valence-electron chi connectivity index (χ3n) is 5.91. The number of nitrogens with one attached hydrogen (secondary N) is 1. The van der Waals surface area contributed by atoms with Crippen LogP contribution in [0.15, 0.2) is 48.5 Å². The van der Waals surface area contributed by atoms with Crippen molar-refractivity contribution in [3.8, 4) is 0 Å². The largest absolute Gasteiger partial charge is 0.352 e. The molecule has 0 radical (unpaired) electrons. The molecule has 2 aromatic rings. The highest BCUT2D eigenvalue weighted by atomic mass is 35.5. The maximum absolute atomic E-state index is 13.3. The lowest BCUT2D eigenvalue weighted by Crippen LogP contribution is -2.49. The Labute approximate surface area is 214 Å². The molecule has 2 rings (SSSR count). The highest BCUT2D eigenvalue weighted by Gasteiger charge is 2.27. The molecule has 2 amide bonds. The third-order valence-corrected chi connectivity index (χ3v) is 7.47. The average molecular weight is 522 g/mol. The van der Waals surface area contributed by atoms with Crippen LogP contribution in [0.25, 0.3) is 0 Å². The van der Waals surface area contributed by atoms with Crippen LogP contribution in [0.5, 0.6) is 0 Å². The Morgan fingerprint density at radius 2 is 1.77 bits per heavy atom. The summed E-state index contributed by atoms with van der Waals surface area (Å²) < 4.78 is 26.2. The number of anilines is 1. The first-order chi connectivity index (χ1) is 16.4. The molecule has 192 valence electrons. The van der Waals surface area contributed by atoms with Gasteiger partial charge in [-0.15, -0.1) is 0 Å². The fourth-order valence-corrected chi connectivity index (χ4v) is 4.80. The molecule has 2 atom stereocenters. The van der Waals surface area contributed by atoms with Gasteiger partial charge in [0.05, 0.1) is 11.9 Å². The lowest BCUT2D eigenvalue weighted by molar-refractivity contribution is -0.140. The topological polar surface area (TPSA) is 86.8 Å². The number of hydrogen-bond acceptors (Lipinski definition) is 4. The quantitative estimate of drug-likeness (QED) is 0.444. The van der Waals surface area contributed by atoms with E-state index in [1.165, 1.54) is 9.21 Å². The Balaban J connectivity index is 2.19. The van der Waals surface area contributed by atoms with Crippen molar-refractivity contribution in [1.82, 2.24) is 10.2 Å². The van der Waals surface area contributed by atoms with E-state index in [9.17, 15) is 18.0 Å². The summed E-state index contributed by atoms with van der Waals surface area (Å²) in [5.74, 6) is -0.480. The van der Waals surface area contributed by atoms with E-state index in [0.717, 1.165) is 23.8 Å². The van der Waals surface area contributed by atoms with Crippen molar-refractivity contribution in [2.45, 2.75) is 65.6 Å². The van der Waals surface area contributed by atoms with Crippen molar-refractivity contribution in [2.75, 3.05) is 17.1 Å². The van der Waals surface area contributed by atoms with Crippen molar-refractivity contribution in [2.24, 2.45) is 0 Å². The first kappa shape index (κ1) is 28.7. The summed E-state index contributed by atoms with van der Waals surface area (Å²) in [5.41, 5.74) is 2.25. The van der Waals surface area contributed by atoms with E-state index in [1.807, 2.05) is 45.0 Å². The smallest absolute Gasteiger partial charge is 0.242 e. The molecule has 0 spiro atoms. The van der Waals surface area contributed by atoms with Gasteiger partial charge >= 0.3 is 0 Å². The molecular weight excluding hydrogens is 486 g/mol. The molecule has 0 aliphatic heterocycles. The summed E-state index contributed by atoms with van der Waals surface area (Å²) in [5, 5.41) is 3.45. The molecule has 7 nitrogen and oxygen atoms in total. The minimum Gasteiger partial charge on any atom is -0.352 e. The first-order valence-corrected chi connectivity index (χ1v) is 14.0. The molecule has 1 N–H and O–H groups in total. The van der Waals surface area contributed by atoms with E-state index in [4.69, 9.17) is 11.6 Å². The van der Waals surface area contributed by atoms with Crippen molar-refractivity contribution in [3.05, 3.63) is 64.7 Å². The van der Waals surface area contributed by atoms with Gasteiger partial charge in [-0.05, 0) is 62.9 Å². The highest BCUT2D eigenvalue weighted by molar-refractivity contribution is 7.92. The standard InChI is InChI=1S/C26H36ClN3O4S/c1-6-20(3)28-26(32)21(4)29(18-22-12-7-8-14-24(22)27)25(31)15-10-16-30(35(5,33)34)23-13-9-11-19(2)17-23/h7-9,11-14,17,20-21H,6,10,15-16,18H2,1-5H3,(H,28,32)/t20-,21-/m1/s1. The Hall–Kier alpha value is -2.58.